The number of carboxylic acids is 1. The molecule has 3 aromatic carbocycles. The van der Waals surface area contributed by atoms with Crippen LogP contribution in [0.4, 0.5) is 8.78 Å². The topological polar surface area (TPSA) is 46.5 Å². The van der Waals surface area contributed by atoms with Gasteiger partial charge in [0.1, 0.15) is 5.82 Å². The molecule has 0 amide bonds. The number of carboxylic acid groups (broad SMARTS) is 1. The van der Waals surface area contributed by atoms with E-state index in [-0.39, 0.29) is 16.9 Å². The van der Waals surface area contributed by atoms with E-state index in [0.29, 0.717) is 18.6 Å². The third-order valence-electron chi connectivity index (χ3n) is 3.91. The Balaban J connectivity index is 1.90. The lowest BCUT2D eigenvalue weighted by Crippen LogP contribution is -1.99. The van der Waals surface area contributed by atoms with Gasteiger partial charge in [-0.3, -0.25) is 0 Å². The average molecular weight is 366 g/mol. The molecule has 0 aliphatic carbocycles. The second-order valence-corrected chi connectivity index (χ2v) is 5.94. The van der Waals surface area contributed by atoms with Crippen molar-refractivity contribution in [2.45, 2.75) is 13.3 Å². The summed E-state index contributed by atoms with van der Waals surface area (Å²) in [6.07, 6.45) is 0.693. The Bertz CT molecular complexity index is 1080. The number of halogens is 2. The summed E-state index contributed by atoms with van der Waals surface area (Å²) < 4.78 is 33.3. The maximum atomic E-state index is 14.1. The summed E-state index contributed by atoms with van der Waals surface area (Å²) in [6, 6.07) is 12.0. The molecule has 0 aliphatic rings. The zero-order valence-electron chi connectivity index (χ0n) is 14.6. The molecule has 0 bridgehead atoms. The first kappa shape index (κ1) is 18.4. The van der Waals surface area contributed by atoms with Crippen LogP contribution in [-0.2, 0) is 0 Å². The van der Waals surface area contributed by atoms with Gasteiger partial charge in [-0.15, -0.1) is 0 Å². The van der Waals surface area contributed by atoms with Gasteiger partial charge < -0.3 is 9.84 Å². The van der Waals surface area contributed by atoms with E-state index in [0.717, 1.165) is 22.9 Å². The highest BCUT2D eigenvalue weighted by atomic mass is 19.1. The molecule has 136 valence electrons. The molecule has 3 aromatic rings. The van der Waals surface area contributed by atoms with Crippen LogP contribution in [-0.4, -0.2) is 17.7 Å². The molecule has 0 heterocycles. The summed E-state index contributed by atoms with van der Waals surface area (Å²) in [5.74, 6) is 3.01. The maximum absolute atomic E-state index is 14.1. The molecule has 0 radical (unpaired) electrons. The van der Waals surface area contributed by atoms with Crippen LogP contribution in [0.3, 0.4) is 0 Å². The highest BCUT2D eigenvalue weighted by Crippen LogP contribution is 2.22. The summed E-state index contributed by atoms with van der Waals surface area (Å²) >= 11 is 0. The minimum absolute atomic E-state index is 0.0577. The van der Waals surface area contributed by atoms with E-state index >= 15 is 0 Å². The predicted octanol–water partition coefficient (Wildman–Crippen LogP) is 5.00. The smallest absolute Gasteiger partial charge is 0.335 e. The largest absolute Gasteiger partial charge is 0.490 e. The number of rotatable bonds is 4. The van der Waals surface area contributed by atoms with Crippen LogP contribution >= 0.6 is 0 Å². The highest BCUT2D eigenvalue weighted by Gasteiger charge is 2.09. The van der Waals surface area contributed by atoms with Crippen LogP contribution in [0.2, 0.25) is 0 Å². The molecule has 0 spiro atoms. The van der Waals surface area contributed by atoms with Crippen LogP contribution in [0, 0.1) is 23.5 Å². The molecule has 27 heavy (non-hydrogen) atoms. The van der Waals surface area contributed by atoms with Gasteiger partial charge in [-0.1, -0.05) is 30.9 Å². The number of benzene rings is 3. The molecule has 0 saturated carbocycles. The van der Waals surface area contributed by atoms with Crippen molar-refractivity contribution in [3.05, 3.63) is 76.9 Å². The quantitative estimate of drug-likeness (QED) is 0.661. The van der Waals surface area contributed by atoms with E-state index in [1.165, 1.54) is 6.07 Å². The lowest BCUT2D eigenvalue weighted by molar-refractivity contribution is 0.0697. The molecule has 3 rings (SSSR count). The third-order valence-corrected chi connectivity index (χ3v) is 3.91. The molecule has 1 N–H and O–H groups in total. The number of fused-ring (bicyclic) bond motifs is 1. The van der Waals surface area contributed by atoms with Crippen molar-refractivity contribution in [1.82, 2.24) is 0 Å². The summed E-state index contributed by atoms with van der Waals surface area (Å²) in [5.41, 5.74) is 0.749. The number of carbonyl (C=O) groups is 1. The van der Waals surface area contributed by atoms with Gasteiger partial charge in [0, 0.05) is 11.6 Å². The Morgan fingerprint density at radius 1 is 1.00 bits per heavy atom. The van der Waals surface area contributed by atoms with E-state index in [1.54, 1.807) is 30.3 Å². The van der Waals surface area contributed by atoms with Crippen molar-refractivity contribution in [2.75, 3.05) is 6.61 Å². The van der Waals surface area contributed by atoms with Gasteiger partial charge in [0.15, 0.2) is 11.6 Å². The SMILES string of the molecule is CCCOc1cc(F)c(C#Cc2ccc3cc(C(=O)O)ccc3c2)cc1F. The van der Waals surface area contributed by atoms with E-state index < -0.39 is 17.6 Å². The monoisotopic (exact) mass is 366 g/mol. The first-order valence-electron chi connectivity index (χ1n) is 8.39. The standard InChI is InChI=1S/C22H16F2O3/c1-2-9-27-21-13-19(23)17(12-20(21)24)6-4-14-3-5-16-11-18(22(25)26)8-7-15(16)10-14/h3,5,7-8,10-13H,2,9H2,1H3,(H,25,26). The predicted molar refractivity (Wildman–Crippen MR) is 99.0 cm³/mol. The van der Waals surface area contributed by atoms with Gasteiger partial charge in [-0.2, -0.15) is 0 Å². The summed E-state index contributed by atoms with van der Waals surface area (Å²) in [7, 11) is 0. The number of hydrogen-bond acceptors (Lipinski definition) is 2. The molecule has 3 nitrogen and oxygen atoms in total. The molecule has 0 saturated heterocycles. The first-order valence-corrected chi connectivity index (χ1v) is 8.39. The number of aromatic carboxylic acids is 1. The number of hydrogen-bond donors (Lipinski definition) is 1. The zero-order chi connectivity index (χ0) is 19.4. The van der Waals surface area contributed by atoms with Crippen molar-refractivity contribution in [3.63, 3.8) is 0 Å². The lowest BCUT2D eigenvalue weighted by Gasteiger charge is -2.06. The minimum atomic E-state index is -0.996. The van der Waals surface area contributed by atoms with Gasteiger partial charge in [-0.25, -0.2) is 13.6 Å². The van der Waals surface area contributed by atoms with Crippen LogP contribution in [0.15, 0.2) is 48.5 Å². The van der Waals surface area contributed by atoms with Crippen molar-refractivity contribution >= 4 is 16.7 Å². The van der Waals surface area contributed by atoms with Crippen LogP contribution in [0.5, 0.6) is 5.75 Å². The molecule has 0 unspecified atom stereocenters. The maximum Gasteiger partial charge on any atom is 0.335 e. The van der Waals surface area contributed by atoms with Gasteiger partial charge in [-0.05, 0) is 47.5 Å². The zero-order valence-corrected chi connectivity index (χ0v) is 14.6. The summed E-state index contributed by atoms with van der Waals surface area (Å²) in [4.78, 5) is 11.0. The minimum Gasteiger partial charge on any atom is -0.490 e. The Morgan fingerprint density at radius 2 is 1.74 bits per heavy atom. The van der Waals surface area contributed by atoms with E-state index in [4.69, 9.17) is 9.84 Å². The molecule has 0 aliphatic heterocycles. The Hall–Kier alpha value is -3.39. The van der Waals surface area contributed by atoms with Crippen LogP contribution < -0.4 is 4.74 Å². The van der Waals surface area contributed by atoms with E-state index in [9.17, 15) is 13.6 Å². The normalized spacial score (nSPS) is 10.3. The number of ether oxygens (including phenoxy) is 1. The van der Waals surface area contributed by atoms with Crippen molar-refractivity contribution in [2.24, 2.45) is 0 Å². The average Bonchev–Trinajstić information content (AvgIpc) is 2.66. The van der Waals surface area contributed by atoms with Crippen LogP contribution in [0.1, 0.15) is 34.8 Å². The van der Waals surface area contributed by atoms with E-state index in [2.05, 4.69) is 11.8 Å². The molecular formula is C22H16F2O3. The fourth-order valence-corrected chi connectivity index (χ4v) is 2.54. The van der Waals surface area contributed by atoms with Gasteiger partial charge in [0.25, 0.3) is 0 Å². The molecule has 0 atom stereocenters. The van der Waals surface area contributed by atoms with Crippen molar-refractivity contribution in [3.8, 4) is 17.6 Å². The molecular weight excluding hydrogens is 350 g/mol. The fraction of sp³-hybridized carbons (Fsp3) is 0.136. The molecule has 5 heteroatoms. The Morgan fingerprint density at radius 3 is 2.48 bits per heavy atom. The Kier molecular flexibility index (Phi) is 5.37. The second-order valence-electron chi connectivity index (χ2n) is 5.94. The highest BCUT2D eigenvalue weighted by molar-refractivity contribution is 5.94. The fourth-order valence-electron chi connectivity index (χ4n) is 2.54. The van der Waals surface area contributed by atoms with E-state index in [1.807, 2.05) is 6.92 Å². The first-order chi connectivity index (χ1) is 13.0. The summed E-state index contributed by atoms with van der Waals surface area (Å²) in [6.45, 7) is 2.18. The second kappa shape index (κ2) is 7.88. The molecule has 0 fully saturated rings. The lowest BCUT2D eigenvalue weighted by atomic mass is 10.0. The third kappa shape index (κ3) is 4.24. The van der Waals surface area contributed by atoms with Gasteiger partial charge in [0.2, 0.25) is 0 Å². The molecule has 0 aromatic heterocycles. The van der Waals surface area contributed by atoms with Crippen molar-refractivity contribution < 1.29 is 23.4 Å². The van der Waals surface area contributed by atoms with Gasteiger partial charge in [0.05, 0.1) is 17.7 Å². The van der Waals surface area contributed by atoms with Crippen molar-refractivity contribution in [1.29, 1.82) is 0 Å². The Labute approximate surface area is 155 Å². The van der Waals surface area contributed by atoms with Gasteiger partial charge >= 0.3 is 5.97 Å². The van der Waals surface area contributed by atoms with Crippen LogP contribution in [0.25, 0.3) is 10.8 Å². The summed E-state index contributed by atoms with van der Waals surface area (Å²) in [5, 5.41) is 10.6.